The summed E-state index contributed by atoms with van der Waals surface area (Å²) < 4.78 is 15.7. The van der Waals surface area contributed by atoms with E-state index in [4.69, 9.17) is 14.2 Å². The molecule has 2 aromatic rings. The SMILES string of the molecule is CC.COC(=O)C1(Sc2ccc(Oc3ccccc3)cc2)CCOCC1. The van der Waals surface area contributed by atoms with Gasteiger partial charge in [0, 0.05) is 18.1 Å². The van der Waals surface area contributed by atoms with Crippen molar-refractivity contribution in [1.82, 2.24) is 0 Å². The first-order valence-electron chi connectivity index (χ1n) is 8.90. The number of esters is 1. The van der Waals surface area contributed by atoms with E-state index in [2.05, 4.69) is 0 Å². The van der Waals surface area contributed by atoms with Crippen LogP contribution in [0.25, 0.3) is 0 Å². The Kier molecular flexibility index (Phi) is 8.01. The average Bonchev–Trinajstić information content (AvgIpc) is 2.72. The number of carbonyl (C=O) groups is 1. The number of hydrogen-bond donors (Lipinski definition) is 0. The second kappa shape index (κ2) is 10.2. The zero-order chi connectivity index (χ0) is 18.8. The third-order valence-electron chi connectivity index (χ3n) is 3.97. The van der Waals surface area contributed by atoms with Gasteiger partial charge in [0.2, 0.25) is 0 Å². The van der Waals surface area contributed by atoms with Crippen molar-refractivity contribution in [2.24, 2.45) is 0 Å². The lowest BCUT2D eigenvalue weighted by Crippen LogP contribution is -2.41. The maximum atomic E-state index is 12.3. The van der Waals surface area contributed by atoms with Gasteiger partial charge >= 0.3 is 5.97 Å². The van der Waals surface area contributed by atoms with Crippen LogP contribution in [0.1, 0.15) is 26.7 Å². The molecule has 5 heteroatoms. The fourth-order valence-electron chi connectivity index (χ4n) is 2.66. The Morgan fingerprint density at radius 3 is 2.12 bits per heavy atom. The van der Waals surface area contributed by atoms with Crippen LogP contribution in [0, 0.1) is 0 Å². The maximum absolute atomic E-state index is 12.3. The molecule has 0 saturated carbocycles. The molecule has 1 aliphatic heterocycles. The Labute approximate surface area is 159 Å². The van der Waals surface area contributed by atoms with Gasteiger partial charge in [0.05, 0.1) is 7.11 Å². The van der Waals surface area contributed by atoms with Crippen molar-refractivity contribution in [3.63, 3.8) is 0 Å². The van der Waals surface area contributed by atoms with Gasteiger partial charge in [-0.3, -0.25) is 4.79 Å². The summed E-state index contributed by atoms with van der Waals surface area (Å²) in [6.45, 7) is 5.16. The van der Waals surface area contributed by atoms with Gasteiger partial charge in [-0.05, 0) is 49.2 Å². The summed E-state index contributed by atoms with van der Waals surface area (Å²) in [6, 6.07) is 17.4. The predicted molar refractivity (Wildman–Crippen MR) is 105 cm³/mol. The summed E-state index contributed by atoms with van der Waals surface area (Å²) in [7, 11) is 1.44. The van der Waals surface area contributed by atoms with E-state index in [1.54, 1.807) is 11.8 Å². The minimum Gasteiger partial charge on any atom is -0.468 e. The number of hydrogen-bond acceptors (Lipinski definition) is 5. The topological polar surface area (TPSA) is 44.8 Å². The van der Waals surface area contributed by atoms with Crippen LogP contribution in [0.15, 0.2) is 59.5 Å². The van der Waals surface area contributed by atoms with Crippen molar-refractivity contribution >= 4 is 17.7 Å². The zero-order valence-electron chi connectivity index (χ0n) is 15.6. The van der Waals surface area contributed by atoms with E-state index < -0.39 is 4.75 Å². The van der Waals surface area contributed by atoms with Gasteiger partial charge in [0.1, 0.15) is 16.2 Å². The van der Waals surface area contributed by atoms with Crippen LogP contribution < -0.4 is 4.74 Å². The fraction of sp³-hybridized carbons (Fsp3) is 0.381. The molecule has 0 N–H and O–H groups in total. The molecule has 26 heavy (non-hydrogen) atoms. The van der Waals surface area contributed by atoms with Gasteiger partial charge in [-0.1, -0.05) is 32.0 Å². The Morgan fingerprint density at radius 1 is 0.962 bits per heavy atom. The van der Waals surface area contributed by atoms with Gasteiger partial charge in [0.15, 0.2) is 0 Å². The molecule has 0 spiro atoms. The minimum absolute atomic E-state index is 0.180. The van der Waals surface area contributed by atoms with Crippen LogP contribution in [-0.4, -0.2) is 31.0 Å². The van der Waals surface area contributed by atoms with Crippen molar-refractivity contribution in [3.8, 4) is 11.5 Å². The number of para-hydroxylation sites is 1. The highest BCUT2D eigenvalue weighted by Gasteiger charge is 2.42. The molecule has 3 rings (SSSR count). The summed E-state index contributed by atoms with van der Waals surface area (Å²) in [6.07, 6.45) is 1.32. The second-order valence-electron chi connectivity index (χ2n) is 5.59. The maximum Gasteiger partial charge on any atom is 0.322 e. The molecule has 4 nitrogen and oxygen atoms in total. The summed E-state index contributed by atoms with van der Waals surface area (Å²) in [5.74, 6) is 1.39. The van der Waals surface area contributed by atoms with E-state index in [-0.39, 0.29) is 5.97 Å². The lowest BCUT2D eigenvalue weighted by molar-refractivity contribution is -0.146. The van der Waals surface area contributed by atoms with E-state index in [9.17, 15) is 4.79 Å². The molecule has 140 valence electrons. The Balaban J connectivity index is 0.00000117. The molecule has 1 fully saturated rings. The highest BCUT2D eigenvalue weighted by atomic mass is 32.2. The third kappa shape index (κ3) is 5.26. The third-order valence-corrected chi connectivity index (χ3v) is 5.45. The molecule has 0 bridgehead atoms. The zero-order valence-corrected chi connectivity index (χ0v) is 16.4. The van der Waals surface area contributed by atoms with Crippen LogP contribution in [0.2, 0.25) is 0 Å². The number of thioether (sulfide) groups is 1. The lowest BCUT2D eigenvalue weighted by atomic mass is 9.99. The highest BCUT2D eigenvalue weighted by molar-refractivity contribution is 8.01. The number of rotatable bonds is 5. The molecular weight excluding hydrogens is 348 g/mol. The number of carbonyl (C=O) groups excluding carboxylic acids is 1. The first-order chi connectivity index (χ1) is 12.7. The van der Waals surface area contributed by atoms with Crippen molar-refractivity contribution in [2.75, 3.05) is 20.3 Å². The van der Waals surface area contributed by atoms with E-state index >= 15 is 0 Å². The van der Waals surface area contributed by atoms with Crippen LogP contribution >= 0.6 is 11.8 Å². The summed E-state index contributed by atoms with van der Waals surface area (Å²) in [5, 5.41) is 0. The molecule has 1 aliphatic rings. The normalized spacial score (nSPS) is 15.3. The minimum atomic E-state index is -0.561. The van der Waals surface area contributed by atoms with E-state index in [1.165, 1.54) is 7.11 Å². The molecule has 0 amide bonds. The van der Waals surface area contributed by atoms with Gasteiger partial charge < -0.3 is 14.2 Å². The Hall–Kier alpha value is -1.98. The first-order valence-corrected chi connectivity index (χ1v) is 9.72. The largest absolute Gasteiger partial charge is 0.468 e. The van der Waals surface area contributed by atoms with Crippen LogP contribution in [0.3, 0.4) is 0 Å². The van der Waals surface area contributed by atoms with Gasteiger partial charge in [-0.15, -0.1) is 11.8 Å². The summed E-state index contributed by atoms with van der Waals surface area (Å²) in [5.41, 5.74) is 0. The number of methoxy groups -OCH3 is 1. The molecule has 1 saturated heterocycles. The van der Waals surface area contributed by atoms with E-state index in [1.807, 2.05) is 68.4 Å². The monoisotopic (exact) mass is 374 g/mol. The van der Waals surface area contributed by atoms with Crippen LogP contribution in [0.5, 0.6) is 11.5 Å². The number of benzene rings is 2. The Morgan fingerprint density at radius 2 is 1.54 bits per heavy atom. The Bertz CT molecular complexity index is 664. The molecule has 0 atom stereocenters. The molecule has 0 radical (unpaired) electrons. The fourth-order valence-corrected chi connectivity index (χ4v) is 3.92. The van der Waals surface area contributed by atoms with Gasteiger partial charge in [-0.2, -0.15) is 0 Å². The lowest BCUT2D eigenvalue weighted by Gasteiger charge is -2.33. The molecule has 0 aliphatic carbocycles. The van der Waals surface area contributed by atoms with Crippen LogP contribution in [-0.2, 0) is 14.3 Å². The molecule has 2 aromatic carbocycles. The van der Waals surface area contributed by atoms with Gasteiger partial charge in [-0.25, -0.2) is 0 Å². The van der Waals surface area contributed by atoms with Crippen molar-refractivity contribution in [3.05, 3.63) is 54.6 Å². The van der Waals surface area contributed by atoms with Crippen molar-refractivity contribution < 1.29 is 19.0 Å². The molecule has 1 heterocycles. The van der Waals surface area contributed by atoms with E-state index in [0.717, 1.165) is 16.4 Å². The van der Waals surface area contributed by atoms with Crippen molar-refractivity contribution in [2.45, 2.75) is 36.3 Å². The standard InChI is InChI=1S/C19H20O4S.C2H6/c1-21-18(20)19(11-13-22-14-12-19)24-17-9-7-16(8-10-17)23-15-5-3-2-4-6-15;1-2/h2-10H,11-14H2,1H3;1-2H3. The summed E-state index contributed by atoms with van der Waals surface area (Å²) >= 11 is 1.55. The van der Waals surface area contributed by atoms with E-state index in [0.29, 0.717) is 26.1 Å². The van der Waals surface area contributed by atoms with Crippen molar-refractivity contribution in [1.29, 1.82) is 0 Å². The predicted octanol–water partition coefficient (Wildman–Crippen LogP) is 5.32. The average molecular weight is 375 g/mol. The quantitative estimate of drug-likeness (QED) is 0.663. The molecule has 0 unspecified atom stereocenters. The van der Waals surface area contributed by atoms with Gasteiger partial charge in [0.25, 0.3) is 0 Å². The number of ether oxygens (including phenoxy) is 3. The molecule has 0 aromatic heterocycles. The second-order valence-corrected chi connectivity index (χ2v) is 7.04. The summed E-state index contributed by atoms with van der Waals surface area (Å²) in [4.78, 5) is 13.3. The van der Waals surface area contributed by atoms with Crippen LogP contribution in [0.4, 0.5) is 0 Å². The highest BCUT2D eigenvalue weighted by Crippen LogP contribution is 2.42. The molecular formula is C21H26O4S. The first kappa shape index (κ1) is 20.3. The smallest absolute Gasteiger partial charge is 0.322 e.